The van der Waals surface area contributed by atoms with Gasteiger partial charge in [0.25, 0.3) is 0 Å². The average Bonchev–Trinajstić information content (AvgIpc) is 2.49. The Labute approximate surface area is 125 Å². The largest absolute Gasteiger partial charge is 0.468 e. The molecule has 1 unspecified atom stereocenters. The summed E-state index contributed by atoms with van der Waals surface area (Å²) in [6.45, 7) is 1.89. The van der Waals surface area contributed by atoms with Crippen LogP contribution in [-0.2, 0) is 20.9 Å². The maximum Gasteiger partial charge on any atom is 0.317 e. The fraction of sp³-hybridized carbons (Fsp3) is 0.500. The van der Waals surface area contributed by atoms with Gasteiger partial charge in [-0.25, -0.2) is 0 Å². The van der Waals surface area contributed by atoms with Crippen molar-refractivity contribution in [2.75, 3.05) is 39.2 Å². The van der Waals surface area contributed by atoms with E-state index in [4.69, 9.17) is 4.74 Å². The minimum atomic E-state index is -0.634. The highest BCUT2D eigenvalue weighted by molar-refractivity contribution is 5.99. The van der Waals surface area contributed by atoms with Gasteiger partial charge in [-0.15, -0.1) is 0 Å². The average molecular weight is 290 g/mol. The molecule has 2 rings (SSSR count). The smallest absolute Gasteiger partial charge is 0.317 e. The normalized spacial score (nSPS) is 19.4. The van der Waals surface area contributed by atoms with E-state index < -0.39 is 11.9 Å². The number of Topliss-reactive ketones (excluding diaryl/α,β-unsaturated/α-hetero) is 1. The molecule has 0 aliphatic carbocycles. The predicted octanol–water partition coefficient (Wildman–Crippen LogP) is 1.32. The number of benzene rings is 1. The number of hydrogen-bond acceptors (Lipinski definition) is 5. The molecule has 1 aromatic rings. The fourth-order valence-corrected chi connectivity index (χ4v) is 2.54. The van der Waals surface area contributed by atoms with E-state index in [0.717, 1.165) is 12.2 Å². The van der Waals surface area contributed by atoms with Crippen molar-refractivity contribution in [3.63, 3.8) is 0 Å². The number of esters is 1. The van der Waals surface area contributed by atoms with Crippen LogP contribution in [0.2, 0.25) is 0 Å². The van der Waals surface area contributed by atoms with Crippen LogP contribution in [0.1, 0.15) is 12.0 Å². The third-order valence-corrected chi connectivity index (χ3v) is 3.85. The number of likely N-dealkylation sites (tertiary alicyclic amines) is 1. The van der Waals surface area contributed by atoms with Crippen LogP contribution in [0.15, 0.2) is 24.3 Å². The lowest BCUT2D eigenvalue weighted by atomic mass is 9.96. The van der Waals surface area contributed by atoms with E-state index in [1.807, 2.05) is 14.1 Å². The van der Waals surface area contributed by atoms with E-state index in [0.29, 0.717) is 19.5 Å². The van der Waals surface area contributed by atoms with Crippen molar-refractivity contribution < 1.29 is 14.3 Å². The zero-order chi connectivity index (χ0) is 15.4. The number of carbonyl (C=O) groups excluding carboxylic acids is 2. The number of methoxy groups -OCH3 is 1. The van der Waals surface area contributed by atoms with Crippen LogP contribution in [0, 0.1) is 5.92 Å². The lowest BCUT2D eigenvalue weighted by Gasteiger charge is -2.30. The van der Waals surface area contributed by atoms with E-state index in [2.05, 4.69) is 34.1 Å². The summed E-state index contributed by atoms with van der Waals surface area (Å²) in [5.41, 5.74) is 2.33. The van der Waals surface area contributed by atoms with Crippen molar-refractivity contribution in [2.24, 2.45) is 5.92 Å². The number of piperidine rings is 1. The van der Waals surface area contributed by atoms with Crippen LogP contribution in [0.25, 0.3) is 0 Å². The highest BCUT2D eigenvalue weighted by Gasteiger charge is 2.33. The second kappa shape index (κ2) is 6.72. The third-order valence-electron chi connectivity index (χ3n) is 3.85. The standard InChI is InChI=1S/C16H22N2O3/c1-17(2)13-6-4-12(5-7-13)10-18-9-8-15(19)14(11-18)16(20)21-3/h4-7,14H,8-11H2,1-3H3. The molecular weight excluding hydrogens is 268 g/mol. The molecule has 0 radical (unpaired) electrons. The Morgan fingerprint density at radius 1 is 1.33 bits per heavy atom. The maximum atomic E-state index is 11.8. The third kappa shape index (κ3) is 3.82. The first kappa shape index (κ1) is 15.5. The van der Waals surface area contributed by atoms with Crippen LogP contribution in [0.4, 0.5) is 5.69 Å². The van der Waals surface area contributed by atoms with Crippen molar-refractivity contribution in [2.45, 2.75) is 13.0 Å². The lowest BCUT2D eigenvalue weighted by molar-refractivity contribution is -0.152. The molecule has 5 nitrogen and oxygen atoms in total. The second-order valence-electron chi connectivity index (χ2n) is 5.59. The van der Waals surface area contributed by atoms with Gasteiger partial charge in [0.15, 0.2) is 0 Å². The molecule has 1 aliphatic heterocycles. The van der Waals surface area contributed by atoms with Crippen molar-refractivity contribution in [3.8, 4) is 0 Å². The molecule has 0 N–H and O–H groups in total. The SMILES string of the molecule is COC(=O)C1CN(Cc2ccc(N(C)C)cc2)CCC1=O. The summed E-state index contributed by atoms with van der Waals surface area (Å²) >= 11 is 0. The summed E-state index contributed by atoms with van der Waals surface area (Å²) in [7, 11) is 5.34. The molecule has 1 fully saturated rings. The molecule has 114 valence electrons. The summed E-state index contributed by atoms with van der Waals surface area (Å²) in [5, 5.41) is 0. The number of ketones is 1. The molecule has 1 aromatic carbocycles. The molecule has 1 aliphatic rings. The summed E-state index contributed by atoms with van der Waals surface area (Å²) in [6.07, 6.45) is 0.412. The van der Waals surface area contributed by atoms with E-state index in [-0.39, 0.29) is 5.78 Å². The molecule has 0 bridgehead atoms. The van der Waals surface area contributed by atoms with Gasteiger partial charge in [0.05, 0.1) is 7.11 Å². The quantitative estimate of drug-likeness (QED) is 0.618. The molecule has 1 atom stereocenters. The molecule has 0 aromatic heterocycles. The number of hydrogen-bond donors (Lipinski definition) is 0. The Morgan fingerprint density at radius 2 is 2.00 bits per heavy atom. The zero-order valence-electron chi connectivity index (χ0n) is 12.8. The van der Waals surface area contributed by atoms with Crippen molar-refractivity contribution in [1.82, 2.24) is 4.90 Å². The van der Waals surface area contributed by atoms with Crippen molar-refractivity contribution in [1.29, 1.82) is 0 Å². The Balaban J connectivity index is 1.99. The lowest BCUT2D eigenvalue weighted by Crippen LogP contribution is -2.44. The number of nitrogens with zero attached hydrogens (tertiary/aromatic N) is 2. The molecule has 21 heavy (non-hydrogen) atoms. The Morgan fingerprint density at radius 3 is 2.57 bits per heavy atom. The van der Waals surface area contributed by atoms with Gasteiger partial charge in [0, 0.05) is 45.8 Å². The summed E-state index contributed by atoms with van der Waals surface area (Å²) < 4.78 is 4.71. The van der Waals surface area contributed by atoms with Crippen molar-refractivity contribution in [3.05, 3.63) is 29.8 Å². The Kier molecular flexibility index (Phi) is 4.96. The maximum absolute atomic E-state index is 11.8. The number of ether oxygens (including phenoxy) is 1. The summed E-state index contributed by atoms with van der Waals surface area (Å²) in [4.78, 5) is 27.6. The molecular formula is C16H22N2O3. The van der Waals surface area contributed by atoms with E-state index in [9.17, 15) is 9.59 Å². The number of anilines is 1. The minimum absolute atomic E-state index is 0.0129. The van der Waals surface area contributed by atoms with Crippen LogP contribution in [-0.4, -0.2) is 50.9 Å². The summed E-state index contributed by atoms with van der Waals surface area (Å²) in [5.74, 6) is -1.07. The first-order chi connectivity index (χ1) is 10.0. The van der Waals surface area contributed by atoms with Gasteiger partial charge >= 0.3 is 5.97 Å². The molecule has 1 saturated heterocycles. The molecule has 0 saturated carbocycles. The Hall–Kier alpha value is -1.88. The molecule has 5 heteroatoms. The van der Waals surface area contributed by atoms with Crippen molar-refractivity contribution >= 4 is 17.4 Å². The van der Waals surface area contributed by atoms with E-state index in [1.54, 1.807) is 0 Å². The minimum Gasteiger partial charge on any atom is -0.468 e. The topological polar surface area (TPSA) is 49.9 Å². The van der Waals surface area contributed by atoms with Crippen LogP contribution in [0.3, 0.4) is 0 Å². The van der Waals surface area contributed by atoms with Gasteiger partial charge in [-0.3, -0.25) is 14.5 Å². The number of rotatable bonds is 4. The van der Waals surface area contributed by atoms with E-state index in [1.165, 1.54) is 12.7 Å². The van der Waals surface area contributed by atoms with Gasteiger partial charge in [-0.05, 0) is 17.7 Å². The molecule has 0 spiro atoms. The molecule has 0 amide bonds. The highest BCUT2D eigenvalue weighted by atomic mass is 16.5. The van der Waals surface area contributed by atoms with Crippen LogP contribution >= 0.6 is 0 Å². The second-order valence-corrected chi connectivity index (χ2v) is 5.59. The first-order valence-corrected chi connectivity index (χ1v) is 7.10. The van der Waals surface area contributed by atoms with Gasteiger partial charge in [0.2, 0.25) is 0 Å². The van der Waals surface area contributed by atoms with Gasteiger partial charge in [0.1, 0.15) is 11.7 Å². The van der Waals surface area contributed by atoms with E-state index >= 15 is 0 Å². The Bertz CT molecular complexity index is 503. The fourth-order valence-electron chi connectivity index (χ4n) is 2.54. The molecule has 1 heterocycles. The van der Waals surface area contributed by atoms with Gasteiger partial charge < -0.3 is 9.64 Å². The monoisotopic (exact) mass is 290 g/mol. The highest BCUT2D eigenvalue weighted by Crippen LogP contribution is 2.18. The summed E-state index contributed by atoms with van der Waals surface area (Å²) in [6, 6.07) is 8.31. The predicted molar refractivity (Wildman–Crippen MR) is 81.2 cm³/mol. The van der Waals surface area contributed by atoms with Crippen LogP contribution < -0.4 is 4.90 Å². The van der Waals surface area contributed by atoms with Gasteiger partial charge in [-0.2, -0.15) is 0 Å². The first-order valence-electron chi connectivity index (χ1n) is 7.10. The van der Waals surface area contributed by atoms with Crippen LogP contribution in [0.5, 0.6) is 0 Å². The number of carbonyl (C=O) groups is 2. The zero-order valence-corrected chi connectivity index (χ0v) is 12.8. The van der Waals surface area contributed by atoms with Gasteiger partial charge in [-0.1, -0.05) is 12.1 Å².